The summed E-state index contributed by atoms with van der Waals surface area (Å²) in [4.78, 5) is 13.9. The van der Waals surface area contributed by atoms with E-state index in [1.807, 2.05) is 19.1 Å². The van der Waals surface area contributed by atoms with Gasteiger partial charge in [0.1, 0.15) is 0 Å². The fourth-order valence-electron chi connectivity index (χ4n) is 2.32. The number of amides is 1. The van der Waals surface area contributed by atoms with Gasteiger partial charge in [-0.3, -0.25) is 4.79 Å². The van der Waals surface area contributed by atoms with Gasteiger partial charge >= 0.3 is 0 Å². The largest absolute Gasteiger partial charge is 0.366 e. The predicted molar refractivity (Wildman–Crippen MR) is 74.0 cm³/mol. The lowest BCUT2D eigenvalue weighted by molar-refractivity contribution is 0.100. The van der Waals surface area contributed by atoms with Crippen molar-refractivity contribution in [2.24, 2.45) is 5.73 Å². The highest BCUT2D eigenvalue weighted by Crippen LogP contribution is 2.25. The molecule has 1 amide bonds. The van der Waals surface area contributed by atoms with Crippen LogP contribution < -0.4 is 16.0 Å². The summed E-state index contributed by atoms with van der Waals surface area (Å²) >= 11 is 0. The first-order valence-electron chi connectivity index (χ1n) is 6.51. The molecule has 4 heteroatoms. The number of nitrogens with one attached hydrogen (secondary N) is 1. The quantitative estimate of drug-likeness (QED) is 0.824. The van der Waals surface area contributed by atoms with Gasteiger partial charge in [-0.25, -0.2) is 0 Å². The Morgan fingerprint density at radius 3 is 2.72 bits per heavy atom. The molecule has 0 atom stereocenters. The van der Waals surface area contributed by atoms with E-state index in [1.165, 1.54) is 0 Å². The highest BCUT2D eigenvalue weighted by molar-refractivity contribution is 5.98. The van der Waals surface area contributed by atoms with Crippen molar-refractivity contribution in [3.05, 3.63) is 29.3 Å². The first-order chi connectivity index (χ1) is 8.63. The lowest BCUT2D eigenvalue weighted by atomic mass is 10.0. The van der Waals surface area contributed by atoms with Crippen molar-refractivity contribution in [3.8, 4) is 0 Å². The number of aryl methyl sites for hydroxylation is 1. The Kier molecular flexibility index (Phi) is 3.87. The van der Waals surface area contributed by atoms with Gasteiger partial charge in [0.15, 0.2) is 0 Å². The second kappa shape index (κ2) is 5.40. The molecule has 98 valence electrons. The molecule has 3 N–H and O–H groups in total. The van der Waals surface area contributed by atoms with E-state index >= 15 is 0 Å². The third-order valence-corrected chi connectivity index (χ3v) is 3.39. The van der Waals surface area contributed by atoms with Gasteiger partial charge < -0.3 is 16.0 Å². The fourth-order valence-corrected chi connectivity index (χ4v) is 2.32. The molecule has 1 saturated heterocycles. The summed E-state index contributed by atoms with van der Waals surface area (Å²) in [7, 11) is 0. The van der Waals surface area contributed by atoms with Gasteiger partial charge in [0.05, 0.1) is 17.3 Å². The zero-order valence-corrected chi connectivity index (χ0v) is 11.1. The van der Waals surface area contributed by atoms with Crippen molar-refractivity contribution in [3.63, 3.8) is 0 Å². The van der Waals surface area contributed by atoms with Crippen molar-refractivity contribution in [2.45, 2.75) is 26.3 Å². The van der Waals surface area contributed by atoms with Crippen LogP contribution in [-0.2, 0) is 0 Å². The second-order valence-electron chi connectivity index (χ2n) is 4.89. The zero-order chi connectivity index (χ0) is 13.1. The topological polar surface area (TPSA) is 58.4 Å². The summed E-state index contributed by atoms with van der Waals surface area (Å²) in [5, 5.41) is 3.28. The van der Waals surface area contributed by atoms with Crippen LogP contribution in [-0.4, -0.2) is 31.6 Å². The van der Waals surface area contributed by atoms with Crippen LogP contribution >= 0.6 is 0 Å². The Morgan fingerprint density at radius 2 is 2.22 bits per heavy atom. The Hall–Kier alpha value is -1.55. The molecule has 1 heterocycles. The van der Waals surface area contributed by atoms with E-state index in [1.54, 1.807) is 0 Å². The summed E-state index contributed by atoms with van der Waals surface area (Å²) in [6, 6.07) is 6.31. The number of carbonyl (C=O) groups excluding carboxylic acids is 1. The van der Waals surface area contributed by atoms with E-state index in [2.05, 4.69) is 23.2 Å². The van der Waals surface area contributed by atoms with Gasteiger partial charge in [0, 0.05) is 19.6 Å². The Labute approximate surface area is 108 Å². The summed E-state index contributed by atoms with van der Waals surface area (Å²) < 4.78 is 0. The smallest absolute Gasteiger partial charge is 0.250 e. The molecule has 0 bridgehead atoms. The molecule has 0 aliphatic carbocycles. The van der Waals surface area contributed by atoms with Crippen molar-refractivity contribution < 1.29 is 4.79 Å². The summed E-state index contributed by atoms with van der Waals surface area (Å²) in [5.74, 6) is -0.349. The van der Waals surface area contributed by atoms with E-state index in [-0.39, 0.29) is 5.91 Å². The minimum atomic E-state index is -0.349. The molecule has 1 aliphatic rings. The van der Waals surface area contributed by atoms with Crippen LogP contribution in [0, 0.1) is 6.92 Å². The van der Waals surface area contributed by atoms with Crippen molar-refractivity contribution in [2.75, 3.05) is 24.5 Å². The number of nitrogens with two attached hydrogens (primary N) is 1. The minimum absolute atomic E-state index is 0.349. The van der Waals surface area contributed by atoms with Crippen LogP contribution in [0.2, 0.25) is 0 Å². The number of carbonyl (C=O) groups is 1. The molecule has 1 aliphatic heterocycles. The Morgan fingerprint density at radius 1 is 1.50 bits per heavy atom. The average Bonchev–Trinajstić information content (AvgIpc) is 2.25. The van der Waals surface area contributed by atoms with Gasteiger partial charge in [0.2, 0.25) is 0 Å². The number of hydrogen-bond acceptors (Lipinski definition) is 3. The van der Waals surface area contributed by atoms with Gasteiger partial charge in [-0.15, -0.1) is 0 Å². The molecule has 1 aromatic rings. The molecule has 1 fully saturated rings. The maximum atomic E-state index is 11.6. The van der Waals surface area contributed by atoms with Crippen LogP contribution in [0.5, 0.6) is 0 Å². The number of hydrogen-bond donors (Lipinski definition) is 2. The molecule has 0 radical (unpaired) electrons. The monoisotopic (exact) mass is 247 g/mol. The highest BCUT2D eigenvalue weighted by atomic mass is 16.1. The number of nitrogens with zero attached hydrogens (tertiary/aromatic N) is 1. The van der Waals surface area contributed by atoms with Crippen LogP contribution in [0.3, 0.4) is 0 Å². The SMILES string of the molecule is CCCN(c1cc(C)ccc1C(N)=O)C1CNC1. The van der Waals surface area contributed by atoms with E-state index < -0.39 is 0 Å². The highest BCUT2D eigenvalue weighted by Gasteiger charge is 2.26. The van der Waals surface area contributed by atoms with E-state index in [0.717, 1.165) is 37.3 Å². The van der Waals surface area contributed by atoms with Crippen LogP contribution in [0.4, 0.5) is 5.69 Å². The van der Waals surface area contributed by atoms with E-state index in [4.69, 9.17) is 5.73 Å². The molecule has 18 heavy (non-hydrogen) atoms. The van der Waals surface area contributed by atoms with Crippen molar-refractivity contribution in [1.82, 2.24) is 5.32 Å². The first kappa shape index (κ1) is 12.9. The third kappa shape index (κ3) is 2.48. The molecule has 2 rings (SSSR count). The van der Waals surface area contributed by atoms with Gasteiger partial charge in [-0.05, 0) is 31.0 Å². The normalized spacial score (nSPS) is 15.2. The van der Waals surface area contributed by atoms with E-state index in [0.29, 0.717) is 11.6 Å². The molecule has 4 nitrogen and oxygen atoms in total. The molecule has 0 aromatic heterocycles. The molecule has 0 saturated carbocycles. The van der Waals surface area contributed by atoms with Crippen LogP contribution in [0.15, 0.2) is 18.2 Å². The van der Waals surface area contributed by atoms with Crippen LogP contribution in [0.25, 0.3) is 0 Å². The third-order valence-electron chi connectivity index (χ3n) is 3.39. The summed E-state index contributed by atoms with van der Waals surface area (Å²) in [6.45, 7) is 7.10. The zero-order valence-electron chi connectivity index (χ0n) is 11.1. The van der Waals surface area contributed by atoms with Crippen molar-refractivity contribution >= 4 is 11.6 Å². The Balaban J connectivity index is 2.37. The van der Waals surface area contributed by atoms with Gasteiger partial charge in [-0.1, -0.05) is 13.0 Å². The number of benzene rings is 1. The van der Waals surface area contributed by atoms with E-state index in [9.17, 15) is 4.79 Å². The maximum absolute atomic E-state index is 11.6. The minimum Gasteiger partial charge on any atom is -0.366 e. The lowest BCUT2D eigenvalue weighted by Gasteiger charge is -2.40. The number of anilines is 1. The summed E-state index contributed by atoms with van der Waals surface area (Å²) in [6.07, 6.45) is 1.06. The first-order valence-corrected chi connectivity index (χ1v) is 6.51. The summed E-state index contributed by atoms with van der Waals surface area (Å²) in [5.41, 5.74) is 8.24. The maximum Gasteiger partial charge on any atom is 0.250 e. The molecule has 1 aromatic carbocycles. The molecule has 0 unspecified atom stereocenters. The lowest BCUT2D eigenvalue weighted by Crippen LogP contribution is -2.58. The van der Waals surface area contributed by atoms with Crippen LogP contribution in [0.1, 0.15) is 29.3 Å². The van der Waals surface area contributed by atoms with Gasteiger partial charge in [0.25, 0.3) is 5.91 Å². The molecular weight excluding hydrogens is 226 g/mol. The Bertz CT molecular complexity index is 441. The second-order valence-corrected chi connectivity index (χ2v) is 4.89. The number of rotatable bonds is 5. The fraction of sp³-hybridized carbons (Fsp3) is 0.500. The standard InChI is InChI=1S/C14H21N3O/c1-3-6-17(11-8-16-9-11)13-7-10(2)4-5-12(13)14(15)18/h4-5,7,11,16H,3,6,8-9H2,1-2H3,(H2,15,18). The van der Waals surface area contributed by atoms with Crippen molar-refractivity contribution in [1.29, 1.82) is 0 Å². The van der Waals surface area contributed by atoms with Gasteiger partial charge in [-0.2, -0.15) is 0 Å². The predicted octanol–water partition coefficient (Wildman–Crippen LogP) is 1.28. The molecule has 0 spiro atoms. The number of primary amides is 1. The average molecular weight is 247 g/mol. The molecular formula is C14H21N3O.